The Morgan fingerprint density at radius 2 is 2.33 bits per heavy atom. The van der Waals surface area contributed by atoms with E-state index in [9.17, 15) is 0 Å². The molecule has 0 bridgehead atoms. The highest BCUT2D eigenvalue weighted by Gasteiger charge is 2.21. The van der Waals surface area contributed by atoms with Crippen LogP contribution in [0.3, 0.4) is 0 Å². The number of aromatic nitrogens is 3. The molecule has 3 rings (SSSR count). The number of piperidine rings is 1. The maximum absolute atomic E-state index is 4.50. The van der Waals surface area contributed by atoms with Crippen molar-refractivity contribution in [3.63, 3.8) is 0 Å². The molecule has 0 spiro atoms. The first kappa shape index (κ1) is 11.5. The summed E-state index contributed by atoms with van der Waals surface area (Å²) < 4.78 is 1.83. The van der Waals surface area contributed by atoms with Crippen LogP contribution >= 0.6 is 0 Å². The Hall–Kier alpha value is -1.62. The van der Waals surface area contributed by atoms with E-state index in [2.05, 4.69) is 40.6 Å². The molecule has 1 fully saturated rings. The predicted octanol–water partition coefficient (Wildman–Crippen LogP) is 1.59. The Morgan fingerprint density at radius 1 is 1.44 bits per heavy atom. The van der Waals surface area contributed by atoms with Gasteiger partial charge in [-0.25, -0.2) is 4.52 Å². The maximum Gasteiger partial charge on any atom is 0.243 e. The second-order valence-corrected chi connectivity index (χ2v) is 5.08. The van der Waals surface area contributed by atoms with Gasteiger partial charge in [0.15, 0.2) is 5.65 Å². The predicted molar refractivity (Wildman–Crippen MR) is 71.8 cm³/mol. The molecule has 0 saturated carbocycles. The highest BCUT2D eigenvalue weighted by atomic mass is 15.3. The number of nitrogens with one attached hydrogen (secondary N) is 2. The Labute approximate surface area is 107 Å². The lowest BCUT2D eigenvalue weighted by atomic mass is 10.0. The maximum atomic E-state index is 4.50. The van der Waals surface area contributed by atoms with Crippen molar-refractivity contribution in [1.29, 1.82) is 0 Å². The molecule has 0 radical (unpaired) electrons. The van der Waals surface area contributed by atoms with Gasteiger partial charge in [0.1, 0.15) is 0 Å². The number of fused-ring (bicyclic) bond motifs is 1. The van der Waals surface area contributed by atoms with Crippen LogP contribution in [-0.2, 0) is 0 Å². The van der Waals surface area contributed by atoms with E-state index >= 15 is 0 Å². The summed E-state index contributed by atoms with van der Waals surface area (Å²) >= 11 is 0. The van der Waals surface area contributed by atoms with E-state index in [0.29, 0.717) is 12.1 Å². The fourth-order valence-corrected chi connectivity index (χ4v) is 2.45. The summed E-state index contributed by atoms with van der Waals surface area (Å²) in [6.07, 6.45) is 4.37. The second-order valence-electron chi connectivity index (χ2n) is 5.08. The van der Waals surface area contributed by atoms with E-state index in [1.54, 1.807) is 0 Å². The standard InChI is InChI=1S/C13H19N5/c1-9-5-6-12-16-13(17-18(12)8-9)15-11-4-3-7-14-10(11)2/h5-6,8,10-11,14H,3-4,7H2,1-2H3,(H,15,17). The summed E-state index contributed by atoms with van der Waals surface area (Å²) in [6, 6.07) is 4.93. The lowest BCUT2D eigenvalue weighted by Crippen LogP contribution is -2.46. The zero-order valence-corrected chi connectivity index (χ0v) is 10.8. The van der Waals surface area contributed by atoms with E-state index in [0.717, 1.165) is 18.1 Å². The molecule has 1 aliphatic rings. The van der Waals surface area contributed by atoms with Crippen LogP contribution in [0.4, 0.5) is 5.95 Å². The molecular formula is C13H19N5. The van der Waals surface area contributed by atoms with Gasteiger partial charge < -0.3 is 10.6 Å². The highest BCUT2D eigenvalue weighted by Crippen LogP contribution is 2.14. The van der Waals surface area contributed by atoms with Gasteiger partial charge in [-0.2, -0.15) is 4.98 Å². The molecule has 0 aromatic carbocycles. The van der Waals surface area contributed by atoms with E-state index in [4.69, 9.17) is 0 Å². The normalized spacial score (nSPS) is 24.3. The molecule has 5 heteroatoms. The molecule has 2 atom stereocenters. The SMILES string of the molecule is Cc1ccc2nc(NC3CCCNC3C)nn2c1. The van der Waals surface area contributed by atoms with Crippen molar-refractivity contribution >= 4 is 11.6 Å². The first-order valence-corrected chi connectivity index (χ1v) is 6.55. The van der Waals surface area contributed by atoms with Gasteiger partial charge in [-0.05, 0) is 44.9 Å². The van der Waals surface area contributed by atoms with Crippen LogP contribution in [0.1, 0.15) is 25.3 Å². The van der Waals surface area contributed by atoms with Crippen molar-refractivity contribution in [3.8, 4) is 0 Å². The number of anilines is 1. The van der Waals surface area contributed by atoms with Gasteiger partial charge in [-0.15, -0.1) is 5.10 Å². The zero-order valence-electron chi connectivity index (χ0n) is 10.8. The molecule has 0 amide bonds. The Morgan fingerprint density at radius 3 is 3.17 bits per heavy atom. The van der Waals surface area contributed by atoms with Crippen LogP contribution in [0.5, 0.6) is 0 Å². The summed E-state index contributed by atoms with van der Waals surface area (Å²) in [5.74, 6) is 0.723. The number of nitrogens with zero attached hydrogens (tertiary/aromatic N) is 3. The van der Waals surface area contributed by atoms with Crippen molar-refractivity contribution in [2.24, 2.45) is 0 Å². The number of aryl methyl sites for hydroxylation is 1. The Kier molecular flexibility index (Phi) is 2.91. The molecule has 0 aliphatic carbocycles. The second kappa shape index (κ2) is 4.57. The highest BCUT2D eigenvalue weighted by molar-refractivity contribution is 5.44. The molecule has 1 saturated heterocycles. The number of pyridine rings is 1. The minimum atomic E-state index is 0.414. The molecule has 2 aromatic rings. The van der Waals surface area contributed by atoms with E-state index in [-0.39, 0.29) is 0 Å². The number of hydrogen-bond acceptors (Lipinski definition) is 4. The average molecular weight is 245 g/mol. The van der Waals surface area contributed by atoms with Gasteiger partial charge in [-0.3, -0.25) is 0 Å². The molecule has 3 heterocycles. The van der Waals surface area contributed by atoms with Crippen molar-refractivity contribution < 1.29 is 0 Å². The van der Waals surface area contributed by atoms with Crippen LogP contribution in [0, 0.1) is 6.92 Å². The topological polar surface area (TPSA) is 54.2 Å². The van der Waals surface area contributed by atoms with Crippen molar-refractivity contribution in [2.75, 3.05) is 11.9 Å². The number of hydrogen-bond donors (Lipinski definition) is 2. The van der Waals surface area contributed by atoms with Crippen molar-refractivity contribution in [2.45, 2.75) is 38.8 Å². The van der Waals surface area contributed by atoms with Gasteiger partial charge in [0.2, 0.25) is 5.95 Å². The van der Waals surface area contributed by atoms with Gasteiger partial charge in [0.25, 0.3) is 0 Å². The van der Waals surface area contributed by atoms with E-state index in [1.807, 2.05) is 16.8 Å². The monoisotopic (exact) mass is 245 g/mol. The van der Waals surface area contributed by atoms with E-state index < -0.39 is 0 Å². The smallest absolute Gasteiger partial charge is 0.243 e. The van der Waals surface area contributed by atoms with Gasteiger partial charge in [0.05, 0.1) is 0 Å². The molecule has 2 N–H and O–H groups in total. The van der Waals surface area contributed by atoms with Crippen LogP contribution in [0.2, 0.25) is 0 Å². The lowest BCUT2D eigenvalue weighted by molar-refractivity contribution is 0.388. The molecule has 18 heavy (non-hydrogen) atoms. The quantitative estimate of drug-likeness (QED) is 0.843. The first-order valence-electron chi connectivity index (χ1n) is 6.55. The van der Waals surface area contributed by atoms with Crippen molar-refractivity contribution in [3.05, 3.63) is 23.9 Å². The number of rotatable bonds is 2. The fraction of sp³-hybridized carbons (Fsp3) is 0.538. The molecular weight excluding hydrogens is 226 g/mol. The van der Waals surface area contributed by atoms with Crippen LogP contribution in [0.15, 0.2) is 18.3 Å². The van der Waals surface area contributed by atoms with Crippen molar-refractivity contribution in [1.82, 2.24) is 19.9 Å². The third-order valence-electron chi connectivity index (χ3n) is 3.56. The Balaban J connectivity index is 1.81. The third kappa shape index (κ3) is 2.18. The largest absolute Gasteiger partial charge is 0.349 e. The third-order valence-corrected chi connectivity index (χ3v) is 3.56. The summed E-state index contributed by atoms with van der Waals surface area (Å²) in [5, 5.41) is 11.4. The summed E-state index contributed by atoms with van der Waals surface area (Å²) in [6.45, 7) is 5.37. The minimum Gasteiger partial charge on any atom is -0.349 e. The Bertz CT molecular complexity index is 547. The summed E-state index contributed by atoms with van der Waals surface area (Å²) in [4.78, 5) is 4.50. The molecule has 2 unspecified atom stereocenters. The molecule has 2 aromatic heterocycles. The zero-order chi connectivity index (χ0) is 12.5. The summed E-state index contributed by atoms with van der Waals surface area (Å²) in [5.41, 5.74) is 2.08. The van der Waals surface area contributed by atoms with Gasteiger partial charge in [-0.1, -0.05) is 6.07 Å². The summed E-state index contributed by atoms with van der Waals surface area (Å²) in [7, 11) is 0. The lowest BCUT2D eigenvalue weighted by Gasteiger charge is -2.30. The minimum absolute atomic E-state index is 0.414. The van der Waals surface area contributed by atoms with Gasteiger partial charge in [0, 0.05) is 18.3 Å². The molecule has 5 nitrogen and oxygen atoms in total. The van der Waals surface area contributed by atoms with Crippen LogP contribution in [-0.4, -0.2) is 33.2 Å². The molecule has 1 aliphatic heterocycles. The average Bonchev–Trinajstić information content (AvgIpc) is 2.73. The fourth-order valence-electron chi connectivity index (χ4n) is 2.45. The van der Waals surface area contributed by atoms with Gasteiger partial charge >= 0.3 is 0 Å². The first-order chi connectivity index (χ1) is 8.72. The van der Waals surface area contributed by atoms with Crippen LogP contribution in [0.25, 0.3) is 5.65 Å². The molecule has 96 valence electrons. The van der Waals surface area contributed by atoms with E-state index in [1.165, 1.54) is 18.4 Å². The van der Waals surface area contributed by atoms with Crippen LogP contribution < -0.4 is 10.6 Å².